The number of hydrogen-bond donors (Lipinski definition) is 1. The van der Waals surface area contributed by atoms with Gasteiger partial charge in [0.1, 0.15) is 0 Å². The van der Waals surface area contributed by atoms with Crippen LogP contribution in [0.5, 0.6) is 0 Å². The van der Waals surface area contributed by atoms with E-state index in [1.807, 2.05) is 65.9 Å². The van der Waals surface area contributed by atoms with Crippen molar-refractivity contribution in [3.05, 3.63) is 64.1 Å². The van der Waals surface area contributed by atoms with Crippen LogP contribution in [0.1, 0.15) is 71.4 Å². The minimum atomic E-state index is -0.629. The van der Waals surface area contributed by atoms with Gasteiger partial charge in [0.05, 0.1) is 6.10 Å². The van der Waals surface area contributed by atoms with E-state index in [0.717, 1.165) is 43.5 Å². The molecule has 1 fully saturated rings. The fourth-order valence-electron chi connectivity index (χ4n) is 3.94. The van der Waals surface area contributed by atoms with Crippen molar-refractivity contribution < 1.29 is 9.84 Å². The molecule has 0 saturated carbocycles. The zero-order valence-corrected chi connectivity index (χ0v) is 21.2. The number of nitrogens with zero attached hydrogens (tertiary/aromatic N) is 2. The van der Waals surface area contributed by atoms with Gasteiger partial charge in [0.25, 0.3) is 5.56 Å². The second kappa shape index (κ2) is 15.0. The molecule has 1 N–H and O–H groups in total. The van der Waals surface area contributed by atoms with Gasteiger partial charge in [-0.2, -0.15) is 0 Å². The average molecular weight is 445 g/mol. The molecular formula is C27H44N2O3. The van der Waals surface area contributed by atoms with E-state index in [0.29, 0.717) is 12.5 Å². The van der Waals surface area contributed by atoms with Gasteiger partial charge in [-0.1, -0.05) is 45.9 Å². The molecule has 3 unspecified atom stereocenters. The number of aliphatic hydroxyl groups excluding tert-OH is 1. The smallest absolute Gasteiger partial charge is 0.255 e. The highest BCUT2D eigenvalue weighted by atomic mass is 16.6. The predicted molar refractivity (Wildman–Crippen MR) is 135 cm³/mol. The van der Waals surface area contributed by atoms with Crippen molar-refractivity contribution in [2.75, 3.05) is 13.6 Å². The SMILES string of the molecule is CC.CC.Cc1ccc(=O)n(-c2ccc(CCCCN(C)C3CC(C)OC(O)C3)cc2)c1. The summed E-state index contributed by atoms with van der Waals surface area (Å²) in [6.45, 7) is 13.0. The number of rotatable bonds is 7. The monoisotopic (exact) mass is 444 g/mol. The van der Waals surface area contributed by atoms with Crippen LogP contribution in [0.4, 0.5) is 0 Å². The van der Waals surface area contributed by atoms with Gasteiger partial charge < -0.3 is 14.7 Å². The summed E-state index contributed by atoms with van der Waals surface area (Å²) in [6, 6.07) is 12.1. The first-order valence-corrected chi connectivity index (χ1v) is 12.2. The van der Waals surface area contributed by atoms with Gasteiger partial charge in [0.15, 0.2) is 6.29 Å². The van der Waals surface area contributed by atoms with E-state index in [9.17, 15) is 9.90 Å². The third-order valence-corrected chi connectivity index (χ3v) is 5.59. The van der Waals surface area contributed by atoms with Crippen molar-refractivity contribution in [3.8, 4) is 5.69 Å². The van der Waals surface area contributed by atoms with Gasteiger partial charge in [-0.15, -0.1) is 0 Å². The van der Waals surface area contributed by atoms with Gasteiger partial charge in [-0.05, 0) is 76.4 Å². The Bertz CT molecular complexity index is 806. The molecule has 5 nitrogen and oxygen atoms in total. The molecule has 3 rings (SSSR count). The highest BCUT2D eigenvalue weighted by molar-refractivity contribution is 5.35. The van der Waals surface area contributed by atoms with Gasteiger partial charge in [0.2, 0.25) is 0 Å². The molecule has 0 bridgehead atoms. The van der Waals surface area contributed by atoms with Crippen LogP contribution in [0.25, 0.3) is 5.69 Å². The molecule has 1 aromatic heterocycles. The molecule has 1 saturated heterocycles. The molecule has 0 amide bonds. The first kappa shape index (κ1) is 28.1. The summed E-state index contributed by atoms with van der Waals surface area (Å²) in [7, 11) is 2.14. The summed E-state index contributed by atoms with van der Waals surface area (Å²) in [5.41, 5.74) is 3.26. The lowest BCUT2D eigenvalue weighted by molar-refractivity contribution is -0.173. The van der Waals surface area contributed by atoms with Crippen LogP contribution >= 0.6 is 0 Å². The zero-order valence-electron chi connectivity index (χ0n) is 21.2. The van der Waals surface area contributed by atoms with Crippen molar-refractivity contribution in [2.24, 2.45) is 0 Å². The quantitative estimate of drug-likeness (QED) is 0.586. The molecule has 5 heteroatoms. The summed E-state index contributed by atoms with van der Waals surface area (Å²) in [6.07, 6.45) is 6.32. The Morgan fingerprint density at radius 2 is 1.69 bits per heavy atom. The van der Waals surface area contributed by atoms with Gasteiger partial charge in [0, 0.05) is 30.4 Å². The van der Waals surface area contributed by atoms with Crippen molar-refractivity contribution >= 4 is 0 Å². The minimum absolute atomic E-state index is 0.00561. The number of ether oxygens (including phenoxy) is 1. The molecular weight excluding hydrogens is 400 g/mol. The summed E-state index contributed by atoms with van der Waals surface area (Å²) < 4.78 is 7.10. The molecule has 0 radical (unpaired) electrons. The van der Waals surface area contributed by atoms with E-state index in [2.05, 4.69) is 24.1 Å². The molecule has 3 atom stereocenters. The van der Waals surface area contributed by atoms with E-state index in [-0.39, 0.29) is 11.7 Å². The molecule has 0 spiro atoms. The van der Waals surface area contributed by atoms with Gasteiger partial charge in [-0.25, -0.2) is 0 Å². The highest BCUT2D eigenvalue weighted by Crippen LogP contribution is 2.22. The molecule has 2 heterocycles. The third-order valence-electron chi connectivity index (χ3n) is 5.59. The Kier molecular flexibility index (Phi) is 13.2. The molecule has 0 aliphatic carbocycles. The van der Waals surface area contributed by atoms with Crippen LogP contribution in [-0.4, -0.2) is 46.6 Å². The second-order valence-corrected chi connectivity index (χ2v) is 8.05. The summed E-state index contributed by atoms with van der Waals surface area (Å²) >= 11 is 0. The van der Waals surface area contributed by atoms with E-state index in [1.165, 1.54) is 5.56 Å². The number of hydrogen-bond acceptors (Lipinski definition) is 4. The second-order valence-electron chi connectivity index (χ2n) is 8.05. The topological polar surface area (TPSA) is 54.7 Å². The molecule has 180 valence electrons. The van der Waals surface area contributed by atoms with E-state index >= 15 is 0 Å². The molecule has 1 aliphatic rings. The summed E-state index contributed by atoms with van der Waals surface area (Å²) in [5, 5.41) is 9.79. The Morgan fingerprint density at radius 3 is 2.31 bits per heavy atom. The van der Waals surface area contributed by atoms with Crippen molar-refractivity contribution in [1.29, 1.82) is 0 Å². The van der Waals surface area contributed by atoms with Crippen molar-refractivity contribution in [2.45, 2.75) is 92.1 Å². The number of benzene rings is 1. The van der Waals surface area contributed by atoms with Gasteiger partial charge >= 0.3 is 0 Å². The Hall–Kier alpha value is -1.95. The van der Waals surface area contributed by atoms with Crippen LogP contribution in [0.15, 0.2) is 47.4 Å². The summed E-state index contributed by atoms with van der Waals surface area (Å²) in [4.78, 5) is 14.4. The lowest BCUT2D eigenvalue weighted by Crippen LogP contribution is -2.43. The lowest BCUT2D eigenvalue weighted by Gasteiger charge is -2.36. The van der Waals surface area contributed by atoms with Crippen LogP contribution in [-0.2, 0) is 11.2 Å². The van der Waals surface area contributed by atoms with Crippen molar-refractivity contribution in [3.63, 3.8) is 0 Å². The van der Waals surface area contributed by atoms with Crippen LogP contribution in [0.2, 0.25) is 0 Å². The average Bonchev–Trinajstić information content (AvgIpc) is 2.80. The van der Waals surface area contributed by atoms with Gasteiger partial charge in [-0.3, -0.25) is 9.36 Å². The maximum atomic E-state index is 12.0. The third kappa shape index (κ3) is 8.89. The number of aliphatic hydroxyl groups is 1. The Morgan fingerprint density at radius 1 is 1.03 bits per heavy atom. The predicted octanol–water partition coefficient (Wildman–Crippen LogP) is 5.34. The van der Waals surface area contributed by atoms with Crippen LogP contribution < -0.4 is 5.56 Å². The Balaban J connectivity index is 0.00000121. The maximum absolute atomic E-state index is 12.0. The minimum Gasteiger partial charge on any atom is -0.368 e. The first-order valence-electron chi connectivity index (χ1n) is 12.2. The van der Waals surface area contributed by atoms with Crippen molar-refractivity contribution in [1.82, 2.24) is 9.47 Å². The standard InChI is InChI=1S/C23H32N2O3.2C2H6/c1-17-7-12-22(26)25(16-17)20-10-8-19(9-11-20)6-4-5-13-24(3)21-14-18(2)28-23(27)15-21;2*1-2/h7-12,16,18,21,23,27H,4-6,13-15H2,1-3H3;2*1-2H3. The largest absolute Gasteiger partial charge is 0.368 e. The number of aryl methyl sites for hydroxylation is 2. The van der Waals surface area contributed by atoms with Crippen LogP contribution in [0.3, 0.4) is 0 Å². The van der Waals surface area contributed by atoms with Crippen LogP contribution in [0, 0.1) is 6.92 Å². The molecule has 2 aromatic rings. The number of aromatic nitrogens is 1. The summed E-state index contributed by atoms with van der Waals surface area (Å²) in [5.74, 6) is 0. The normalized spacial score (nSPS) is 20.1. The first-order chi connectivity index (χ1) is 15.4. The molecule has 1 aromatic carbocycles. The molecule has 1 aliphatic heterocycles. The number of pyridine rings is 1. The Labute approximate surface area is 195 Å². The van der Waals surface area contributed by atoms with E-state index in [4.69, 9.17) is 4.74 Å². The zero-order chi connectivity index (χ0) is 24.1. The lowest BCUT2D eigenvalue weighted by atomic mass is 10.0. The highest BCUT2D eigenvalue weighted by Gasteiger charge is 2.27. The fourth-order valence-corrected chi connectivity index (χ4v) is 3.94. The number of unbranched alkanes of at least 4 members (excludes halogenated alkanes) is 1. The maximum Gasteiger partial charge on any atom is 0.255 e. The van der Waals surface area contributed by atoms with E-state index in [1.54, 1.807) is 10.6 Å². The molecule has 32 heavy (non-hydrogen) atoms. The fraction of sp³-hybridized carbons (Fsp3) is 0.593. The van der Waals surface area contributed by atoms with E-state index < -0.39 is 6.29 Å².